The smallest absolute Gasteiger partial charge is 0.278 e. The quantitative estimate of drug-likeness (QED) is 0.685. The van der Waals surface area contributed by atoms with Crippen molar-refractivity contribution in [1.82, 2.24) is 10.2 Å². The summed E-state index contributed by atoms with van der Waals surface area (Å²) in [7, 11) is 3.61. The fourth-order valence-electron chi connectivity index (χ4n) is 2.40. The van der Waals surface area contributed by atoms with E-state index in [-0.39, 0.29) is 11.8 Å². The Balaban J connectivity index is 2.58. The molecule has 1 rings (SSSR count). The van der Waals surface area contributed by atoms with Gasteiger partial charge in [-0.2, -0.15) is 0 Å². The lowest BCUT2D eigenvalue weighted by atomic mass is 10.1. The zero-order chi connectivity index (χ0) is 17.4. The van der Waals surface area contributed by atoms with E-state index in [1.165, 1.54) is 0 Å². The minimum atomic E-state index is -0.0918. The molecule has 0 radical (unpaired) electrons. The second kappa shape index (κ2) is 9.10. The summed E-state index contributed by atoms with van der Waals surface area (Å²) in [5, 5.41) is 2.60. The molecule has 1 aromatic rings. The Bertz CT molecular complexity index is 552. The van der Waals surface area contributed by atoms with Gasteiger partial charge in [-0.1, -0.05) is 24.3 Å². The highest BCUT2D eigenvalue weighted by Crippen LogP contribution is 2.03. The molecule has 126 valence electrons. The number of hydrogen-bond acceptors (Lipinski definition) is 2. The molecular weight excluding hydrogens is 290 g/mol. The van der Waals surface area contributed by atoms with Crippen molar-refractivity contribution in [3.05, 3.63) is 47.5 Å². The first-order valence-electron chi connectivity index (χ1n) is 7.91. The van der Waals surface area contributed by atoms with Crippen LogP contribution in [0.4, 0.5) is 0 Å². The summed E-state index contributed by atoms with van der Waals surface area (Å²) >= 11 is 0. The van der Waals surface area contributed by atoms with Gasteiger partial charge in [0.2, 0.25) is 0 Å². The second-order valence-corrected chi connectivity index (χ2v) is 5.95. The maximum absolute atomic E-state index is 12.3. The summed E-state index contributed by atoms with van der Waals surface area (Å²) in [6.45, 7) is 10.3. The molecule has 0 aliphatic rings. The Morgan fingerprint density at radius 1 is 1.26 bits per heavy atom. The van der Waals surface area contributed by atoms with Crippen molar-refractivity contribution in [2.75, 3.05) is 33.7 Å². The van der Waals surface area contributed by atoms with E-state index >= 15 is 0 Å². The SMILES string of the molecule is C=C(C)CN(CC)C(=O)C[NH+](C)Cc1ccc(C(=O)NC)cc1. The lowest BCUT2D eigenvalue weighted by Gasteiger charge is -2.23. The fourth-order valence-corrected chi connectivity index (χ4v) is 2.40. The summed E-state index contributed by atoms with van der Waals surface area (Å²) in [5.41, 5.74) is 2.73. The van der Waals surface area contributed by atoms with Gasteiger partial charge in [0.1, 0.15) is 6.54 Å². The summed E-state index contributed by atoms with van der Waals surface area (Å²) in [4.78, 5) is 26.8. The molecule has 5 nitrogen and oxygen atoms in total. The van der Waals surface area contributed by atoms with Gasteiger partial charge in [-0.05, 0) is 26.0 Å². The maximum Gasteiger partial charge on any atom is 0.278 e. The van der Waals surface area contributed by atoms with Crippen molar-refractivity contribution in [2.45, 2.75) is 20.4 Å². The standard InChI is InChI=1S/C18H27N3O2/c1-6-21(11-14(2)3)17(22)13-20(5)12-15-7-9-16(10-8-15)18(23)19-4/h7-10H,2,6,11-13H2,1,3-5H3,(H,19,23)/p+1. The molecule has 5 heteroatoms. The van der Waals surface area contributed by atoms with Gasteiger partial charge in [-0.25, -0.2) is 0 Å². The molecule has 0 saturated heterocycles. The average molecular weight is 318 g/mol. The molecule has 1 aromatic carbocycles. The van der Waals surface area contributed by atoms with Crippen molar-refractivity contribution in [3.63, 3.8) is 0 Å². The van der Waals surface area contributed by atoms with Crippen LogP contribution in [-0.2, 0) is 11.3 Å². The molecule has 0 aliphatic heterocycles. The third-order valence-corrected chi connectivity index (χ3v) is 3.60. The van der Waals surface area contributed by atoms with E-state index in [1.54, 1.807) is 7.05 Å². The average Bonchev–Trinajstić information content (AvgIpc) is 2.52. The van der Waals surface area contributed by atoms with Gasteiger partial charge < -0.3 is 15.1 Å². The number of carbonyl (C=O) groups is 2. The number of nitrogens with zero attached hydrogens (tertiary/aromatic N) is 1. The highest BCUT2D eigenvalue weighted by molar-refractivity contribution is 5.93. The molecule has 0 aliphatic carbocycles. The molecule has 1 atom stereocenters. The lowest BCUT2D eigenvalue weighted by molar-refractivity contribution is -0.885. The third-order valence-electron chi connectivity index (χ3n) is 3.60. The Morgan fingerprint density at radius 2 is 1.87 bits per heavy atom. The van der Waals surface area contributed by atoms with Crippen LogP contribution < -0.4 is 10.2 Å². The normalized spacial score (nSPS) is 11.7. The number of likely N-dealkylation sites (N-methyl/N-ethyl adjacent to an activating group) is 2. The molecule has 1 unspecified atom stereocenters. The van der Waals surface area contributed by atoms with Crippen LogP contribution in [0, 0.1) is 0 Å². The van der Waals surface area contributed by atoms with E-state index in [0.29, 0.717) is 25.2 Å². The number of hydrogen-bond donors (Lipinski definition) is 2. The first-order chi connectivity index (χ1) is 10.9. The molecule has 2 amide bonds. The zero-order valence-corrected chi connectivity index (χ0v) is 14.6. The van der Waals surface area contributed by atoms with Crippen molar-refractivity contribution < 1.29 is 14.5 Å². The fraction of sp³-hybridized carbons (Fsp3) is 0.444. The van der Waals surface area contributed by atoms with E-state index in [4.69, 9.17) is 0 Å². The topological polar surface area (TPSA) is 53.9 Å². The largest absolute Gasteiger partial charge is 0.355 e. The van der Waals surface area contributed by atoms with E-state index in [2.05, 4.69) is 11.9 Å². The van der Waals surface area contributed by atoms with Crippen LogP contribution in [-0.4, -0.2) is 50.4 Å². The predicted octanol–water partition coefficient (Wildman–Crippen LogP) is 0.486. The maximum atomic E-state index is 12.3. The summed E-state index contributed by atoms with van der Waals surface area (Å²) in [6, 6.07) is 7.49. The summed E-state index contributed by atoms with van der Waals surface area (Å²) < 4.78 is 0. The van der Waals surface area contributed by atoms with Crippen molar-refractivity contribution in [3.8, 4) is 0 Å². The van der Waals surface area contributed by atoms with Crippen LogP contribution in [0.15, 0.2) is 36.4 Å². The van der Waals surface area contributed by atoms with Crippen LogP contribution in [0.25, 0.3) is 0 Å². The van der Waals surface area contributed by atoms with Crippen LogP contribution in [0.2, 0.25) is 0 Å². The highest BCUT2D eigenvalue weighted by Gasteiger charge is 2.17. The van der Waals surface area contributed by atoms with Gasteiger partial charge in [0, 0.05) is 31.3 Å². The van der Waals surface area contributed by atoms with E-state index < -0.39 is 0 Å². The summed E-state index contributed by atoms with van der Waals surface area (Å²) in [6.07, 6.45) is 0. The Kier molecular flexibility index (Phi) is 7.48. The minimum Gasteiger partial charge on any atom is -0.355 e. The number of benzene rings is 1. The Hall–Kier alpha value is -2.14. The number of nitrogens with one attached hydrogen (secondary N) is 2. The predicted molar refractivity (Wildman–Crippen MR) is 92.4 cm³/mol. The molecule has 0 heterocycles. The number of rotatable bonds is 8. The highest BCUT2D eigenvalue weighted by atomic mass is 16.2. The molecule has 0 fully saturated rings. The number of quaternary nitrogens is 1. The molecular formula is C18H28N3O2+. The van der Waals surface area contributed by atoms with E-state index in [9.17, 15) is 9.59 Å². The molecule has 0 bridgehead atoms. The van der Waals surface area contributed by atoms with Gasteiger partial charge in [-0.15, -0.1) is 0 Å². The molecule has 0 saturated carbocycles. The monoisotopic (exact) mass is 318 g/mol. The molecule has 0 aromatic heterocycles. The van der Waals surface area contributed by atoms with E-state index in [0.717, 1.165) is 22.6 Å². The van der Waals surface area contributed by atoms with Gasteiger partial charge in [0.05, 0.1) is 7.05 Å². The third kappa shape index (κ3) is 6.24. The number of amides is 2. The Morgan fingerprint density at radius 3 is 2.35 bits per heavy atom. The van der Waals surface area contributed by atoms with Crippen LogP contribution in [0.3, 0.4) is 0 Å². The van der Waals surface area contributed by atoms with Crippen LogP contribution >= 0.6 is 0 Å². The molecule has 0 spiro atoms. The number of carbonyl (C=O) groups excluding carboxylic acids is 2. The van der Waals surface area contributed by atoms with Crippen molar-refractivity contribution in [2.24, 2.45) is 0 Å². The second-order valence-electron chi connectivity index (χ2n) is 5.95. The first kappa shape index (κ1) is 18.9. The van der Waals surface area contributed by atoms with Gasteiger partial charge in [0.25, 0.3) is 11.8 Å². The summed E-state index contributed by atoms with van der Waals surface area (Å²) in [5.74, 6) is 0.0424. The molecule has 2 N–H and O–H groups in total. The minimum absolute atomic E-state index is 0.0918. The van der Waals surface area contributed by atoms with Gasteiger partial charge >= 0.3 is 0 Å². The zero-order valence-electron chi connectivity index (χ0n) is 14.6. The first-order valence-corrected chi connectivity index (χ1v) is 7.91. The van der Waals surface area contributed by atoms with Crippen LogP contribution in [0.5, 0.6) is 0 Å². The van der Waals surface area contributed by atoms with Crippen LogP contribution in [0.1, 0.15) is 29.8 Å². The van der Waals surface area contributed by atoms with Gasteiger partial charge in [-0.3, -0.25) is 9.59 Å². The van der Waals surface area contributed by atoms with Crippen molar-refractivity contribution in [1.29, 1.82) is 0 Å². The Labute approximate surface area is 139 Å². The van der Waals surface area contributed by atoms with Crippen molar-refractivity contribution >= 4 is 11.8 Å². The lowest BCUT2D eigenvalue weighted by Crippen LogP contribution is -3.08. The van der Waals surface area contributed by atoms with Gasteiger partial charge in [0.15, 0.2) is 6.54 Å². The van der Waals surface area contributed by atoms with E-state index in [1.807, 2.05) is 50.1 Å². The molecule has 23 heavy (non-hydrogen) atoms.